The molecule has 1 N–H and O–H groups in total. The first kappa shape index (κ1) is 14.7. The summed E-state index contributed by atoms with van der Waals surface area (Å²) in [5.74, 6) is 0.157. The Morgan fingerprint density at radius 3 is 2.90 bits per heavy atom. The molecule has 0 aliphatic heterocycles. The summed E-state index contributed by atoms with van der Waals surface area (Å²) in [6, 6.07) is 6.69. The number of anilines is 2. The van der Waals surface area contributed by atoms with Crippen molar-refractivity contribution in [1.82, 2.24) is 9.97 Å². The molecule has 0 bridgehead atoms. The van der Waals surface area contributed by atoms with E-state index < -0.39 is 0 Å². The zero-order valence-electron chi connectivity index (χ0n) is 11.0. The highest BCUT2D eigenvalue weighted by Gasteiger charge is 2.12. The van der Waals surface area contributed by atoms with Gasteiger partial charge in [0.25, 0.3) is 0 Å². The van der Waals surface area contributed by atoms with Gasteiger partial charge in [-0.15, -0.1) is 11.3 Å². The molecule has 0 unspecified atom stereocenters. The molecule has 3 rings (SSSR count). The van der Waals surface area contributed by atoms with Crippen molar-refractivity contribution in [2.75, 3.05) is 5.32 Å². The fraction of sp³-hybridized carbons (Fsp3) is 0.143. The molecule has 1 aromatic carbocycles. The lowest BCUT2D eigenvalue weighted by atomic mass is 10.2. The highest BCUT2D eigenvalue weighted by atomic mass is 79.9. The number of benzene rings is 1. The van der Waals surface area contributed by atoms with E-state index in [1.165, 1.54) is 10.9 Å². The minimum Gasteiger partial charge on any atom is -0.337 e. The van der Waals surface area contributed by atoms with Crippen LogP contribution in [-0.4, -0.2) is 9.97 Å². The maximum atomic E-state index is 13.9. The van der Waals surface area contributed by atoms with Crippen LogP contribution in [0.5, 0.6) is 0 Å². The predicted molar refractivity (Wildman–Crippen MR) is 89.2 cm³/mol. The number of fused-ring (bicyclic) bond motifs is 1. The van der Waals surface area contributed by atoms with Crippen LogP contribution in [-0.2, 0) is 6.42 Å². The maximum absolute atomic E-state index is 13.9. The van der Waals surface area contributed by atoms with Gasteiger partial charge in [0.1, 0.15) is 16.5 Å². The van der Waals surface area contributed by atoms with Crippen LogP contribution in [0.25, 0.3) is 10.2 Å². The first-order valence-electron chi connectivity index (χ1n) is 6.25. The third-order valence-corrected chi connectivity index (χ3v) is 4.78. The summed E-state index contributed by atoms with van der Waals surface area (Å²) < 4.78 is 14.7. The van der Waals surface area contributed by atoms with Gasteiger partial charge in [0.2, 0.25) is 5.28 Å². The Hall–Kier alpha value is -1.24. The molecule has 21 heavy (non-hydrogen) atoms. The van der Waals surface area contributed by atoms with Crippen LogP contribution in [0.3, 0.4) is 0 Å². The lowest BCUT2D eigenvalue weighted by molar-refractivity contribution is 0.631. The molecule has 2 aromatic heterocycles. The first-order chi connectivity index (χ1) is 10.1. The Morgan fingerprint density at radius 1 is 1.33 bits per heavy atom. The number of halogens is 3. The molecule has 0 aliphatic rings. The summed E-state index contributed by atoms with van der Waals surface area (Å²) >= 11 is 10.8. The van der Waals surface area contributed by atoms with Gasteiger partial charge >= 0.3 is 0 Å². The van der Waals surface area contributed by atoms with E-state index in [-0.39, 0.29) is 11.1 Å². The Balaban J connectivity index is 2.11. The molecular weight excluding hydrogens is 377 g/mol. The van der Waals surface area contributed by atoms with E-state index in [2.05, 4.69) is 38.1 Å². The molecule has 0 fully saturated rings. The van der Waals surface area contributed by atoms with E-state index >= 15 is 0 Å². The van der Waals surface area contributed by atoms with Crippen LogP contribution in [0.2, 0.25) is 5.28 Å². The number of rotatable bonds is 3. The van der Waals surface area contributed by atoms with Crippen molar-refractivity contribution in [1.29, 1.82) is 0 Å². The number of nitrogens with one attached hydrogen (secondary N) is 1. The second kappa shape index (κ2) is 5.87. The van der Waals surface area contributed by atoms with Crippen LogP contribution in [0, 0.1) is 5.82 Å². The lowest BCUT2D eigenvalue weighted by Crippen LogP contribution is -1.98. The van der Waals surface area contributed by atoms with Crippen LogP contribution in [0.1, 0.15) is 11.8 Å². The van der Waals surface area contributed by atoms with E-state index in [9.17, 15) is 4.39 Å². The molecule has 3 aromatic rings. The van der Waals surface area contributed by atoms with Gasteiger partial charge in [0.05, 0.1) is 11.1 Å². The minimum atomic E-state index is -0.355. The van der Waals surface area contributed by atoms with Crippen LogP contribution >= 0.6 is 38.9 Å². The Kier molecular flexibility index (Phi) is 4.10. The van der Waals surface area contributed by atoms with Crippen LogP contribution < -0.4 is 5.32 Å². The van der Waals surface area contributed by atoms with Crippen molar-refractivity contribution < 1.29 is 4.39 Å². The molecule has 108 valence electrons. The normalized spacial score (nSPS) is 11.0. The summed E-state index contributed by atoms with van der Waals surface area (Å²) in [6.07, 6.45) is 0.906. The van der Waals surface area contributed by atoms with E-state index in [1.807, 2.05) is 6.07 Å². The third-order valence-electron chi connectivity index (χ3n) is 2.95. The fourth-order valence-electron chi connectivity index (χ4n) is 1.94. The zero-order valence-corrected chi connectivity index (χ0v) is 14.1. The van der Waals surface area contributed by atoms with Gasteiger partial charge in [-0.3, -0.25) is 0 Å². The third kappa shape index (κ3) is 3.02. The molecular formula is C14H10BrClFN3S. The number of hydrogen-bond donors (Lipinski definition) is 1. The maximum Gasteiger partial charge on any atom is 0.225 e. The van der Waals surface area contributed by atoms with Crippen LogP contribution in [0.4, 0.5) is 15.9 Å². The van der Waals surface area contributed by atoms with Crippen molar-refractivity contribution in [2.24, 2.45) is 0 Å². The molecule has 0 saturated carbocycles. The summed E-state index contributed by atoms with van der Waals surface area (Å²) in [5, 5.41) is 3.99. The second-order valence-electron chi connectivity index (χ2n) is 4.38. The highest BCUT2D eigenvalue weighted by molar-refractivity contribution is 9.10. The molecule has 0 saturated heterocycles. The predicted octanol–water partition coefficient (Wildman–Crippen LogP) is 5.55. The summed E-state index contributed by atoms with van der Waals surface area (Å²) in [5.41, 5.74) is 0.338. The van der Waals surface area contributed by atoms with E-state index in [1.54, 1.807) is 23.5 Å². The molecule has 0 atom stereocenters. The Morgan fingerprint density at radius 2 is 2.14 bits per heavy atom. The standard InChI is InChI=1S/C14H10BrClFN3S/c1-2-8-6-9-12(19-14(16)20-13(9)21-8)18-11-5-7(15)3-4-10(11)17/h3-6H,2H2,1H3,(H,18,19,20). The molecule has 7 heteroatoms. The summed E-state index contributed by atoms with van der Waals surface area (Å²) in [4.78, 5) is 10.4. The van der Waals surface area contributed by atoms with E-state index in [0.29, 0.717) is 11.5 Å². The van der Waals surface area contributed by atoms with Crippen molar-refractivity contribution >= 4 is 60.6 Å². The second-order valence-corrected chi connectivity index (χ2v) is 6.74. The van der Waals surface area contributed by atoms with Gasteiger partial charge in [0, 0.05) is 9.35 Å². The Labute approximate surface area is 138 Å². The topological polar surface area (TPSA) is 37.8 Å². The number of thiophene rings is 1. The van der Waals surface area contributed by atoms with Gasteiger partial charge in [-0.2, -0.15) is 4.98 Å². The van der Waals surface area contributed by atoms with Gasteiger partial charge in [0.15, 0.2) is 0 Å². The minimum absolute atomic E-state index is 0.143. The van der Waals surface area contributed by atoms with Gasteiger partial charge in [-0.1, -0.05) is 22.9 Å². The number of aryl methyl sites for hydroxylation is 1. The summed E-state index contributed by atoms with van der Waals surface area (Å²) in [6.45, 7) is 2.07. The van der Waals surface area contributed by atoms with Crippen molar-refractivity contribution in [3.05, 3.63) is 44.7 Å². The Bertz CT molecular complexity index is 821. The van der Waals surface area contributed by atoms with Crippen LogP contribution in [0.15, 0.2) is 28.7 Å². The number of hydrogen-bond acceptors (Lipinski definition) is 4. The van der Waals surface area contributed by atoms with Gasteiger partial charge in [-0.25, -0.2) is 9.37 Å². The van der Waals surface area contributed by atoms with E-state index in [4.69, 9.17) is 11.6 Å². The quantitative estimate of drug-likeness (QED) is 0.599. The van der Waals surface area contributed by atoms with E-state index in [0.717, 1.165) is 21.1 Å². The zero-order chi connectivity index (χ0) is 15.0. The fourth-order valence-corrected chi connectivity index (χ4v) is 3.48. The van der Waals surface area contributed by atoms with Crippen molar-refractivity contribution in [3.8, 4) is 0 Å². The van der Waals surface area contributed by atoms with Crippen molar-refractivity contribution in [2.45, 2.75) is 13.3 Å². The molecule has 0 amide bonds. The largest absolute Gasteiger partial charge is 0.337 e. The molecule has 0 spiro atoms. The van der Waals surface area contributed by atoms with Crippen molar-refractivity contribution in [3.63, 3.8) is 0 Å². The van der Waals surface area contributed by atoms with Gasteiger partial charge < -0.3 is 5.32 Å². The SMILES string of the molecule is CCc1cc2c(Nc3cc(Br)ccc3F)nc(Cl)nc2s1. The molecule has 0 radical (unpaired) electrons. The first-order valence-corrected chi connectivity index (χ1v) is 8.23. The summed E-state index contributed by atoms with van der Waals surface area (Å²) in [7, 11) is 0. The monoisotopic (exact) mass is 385 g/mol. The molecule has 0 aliphatic carbocycles. The molecule has 2 heterocycles. The smallest absolute Gasteiger partial charge is 0.225 e. The molecule has 3 nitrogen and oxygen atoms in total. The lowest BCUT2D eigenvalue weighted by Gasteiger charge is -2.08. The van der Waals surface area contributed by atoms with Gasteiger partial charge in [-0.05, 0) is 42.3 Å². The number of aromatic nitrogens is 2. The average molecular weight is 387 g/mol. The number of nitrogens with zero attached hydrogens (tertiary/aromatic N) is 2. The average Bonchev–Trinajstić information content (AvgIpc) is 2.86. The highest BCUT2D eigenvalue weighted by Crippen LogP contribution is 2.33.